The minimum absolute atomic E-state index is 0.0856. The maximum atomic E-state index is 13.4. The van der Waals surface area contributed by atoms with Crippen LogP contribution in [0, 0.1) is 12.7 Å². The Morgan fingerprint density at radius 1 is 1.20 bits per heavy atom. The maximum absolute atomic E-state index is 13.4. The largest absolute Gasteiger partial charge is 0.497 e. The van der Waals surface area contributed by atoms with Gasteiger partial charge in [0.2, 0.25) is 0 Å². The van der Waals surface area contributed by atoms with Crippen LogP contribution in [-0.2, 0) is 6.42 Å². The van der Waals surface area contributed by atoms with Crippen molar-refractivity contribution in [3.63, 3.8) is 0 Å². The fourth-order valence-corrected chi connectivity index (χ4v) is 4.09. The number of nitrogens with zero attached hydrogens (tertiary/aromatic N) is 2. The van der Waals surface area contributed by atoms with Crippen molar-refractivity contribution in [1.82, 2.24) is 9.88 Å². The molecule has 156 valence electrons. The van der Waals surface area contributed by atoms with E-state index < -0.39 is 5.60 Å². The van der Waals surface area contributed by atoms with Crippen LogP contribution in [0.1, 0.15) is 34.5 Å². The Hall–Kier alpha value is -2.99. The van der Waals surface area contributed by atoms with Crippen molar-refractivity contribution in [3.8, 4) is 5.75 Å². The number of pyridine rings is 1. The molecular formula is C24H25FN2O3. The van der Waals surface area contributed by atoms with Crippen LogP contribution in [0.5, 0.6) is 5.75 Å². The molecule has 0 spiro atoms. The van der Waals surface area contributed by atoms with Crippen LogP contribution in [-0.4, -0.2) is 46.7 Å². The van der Waals surface area contributed by atoms with Crippen molar-refractivity contribution >= 4 is 16.8 Å². The summed E-state index contributed by atoms with van der Waals surface area (Å²) in [5.74, 6) is 0.323. The number of halogens is 1. The highest BCUT2D eigenvalue weighted by Gasteiger charge is 2.34. The number of carbonyl (C=O) groups is 1. The Bertz CT molecular complexity index is 1090. The summed E-state index contributed by atoms with van der Waals surface area (Å²) in [4.78, 5) is 19.5. The summed E-state index contributed by atoms with van der Waals surface area (Å²) >= 11 is 0. The first-order valence-corrected chi connectivity index (χ1v) is 10.1. The highest BCUT2D eigenvalue weighted by molar-refractivity contribution is 5.98. The first kappa shape index (κ1) is 20.3. The molecule has 1 aromatic heterocycles. The molecule has 3 aromatic rings. The normalized spacial score (nSPS) is 15.9. The number of aliphatic hydroxyl groups is 1. The molecule has 5 nitrogen and oxygen atoms in total. The second-order valence-electron chi connectivity index (χ2n) is 8.00. The number of hydrogen-bond donors (Lipinski definition) is 1. The zero-order valence-electron chi connectivity index (χ0n) is 17.2. The molecule has 0 aliphatic carbocycles. The van der Waals surface area contributed by atoms with Gasteiger partial charge in [-0.05, 0) is 61.7 Å². The van der Waals surface area contributed by atoms with Crippen molar-refractivity contribution in [3.05, 3.63) is 71.2 Å². The number of aromatic nitrogens is 1. The minimum atomic E-state index is -0.936. The van der Waals surface area contributed by atoms with Gasteiger partial charge in [0.15, 0.2) is 0 Å². The number of rotatable bonds is 4. The van der Waals surface area contributed by atoms with E-state index in [0.29, 0.717) is 49.4 Å². The number of ether oxygens (including phenoxy) is 1. The van der Waals surface area contributed by atoms with Gasteiger partial charge in [0.05, 0.1) is 29.5 Å². The van der Waals surface area contributed by atoms with Gasteiger partial charge in [-0.25, -0.2) is 4.39 Å². The van der Waals surface area contributed by atoms with Crippen molar-refractivity contribution in [2.24, 2.45) is 0 Å². The van der Waals surface area contributed by atoms with Crippen LogP contribution < -0.4 is 4.74 Å². The number of hydrogen-bond acceptors (Lipinski definition) is 4. The third kappa shape index (κ3) is 4.14. The van der Waals surface area contributed by atoms with Gasteiger partial charge in [0.1, 0.15) is 11.6 Å². The SMILES string of the molecule is COc1ccc2nc(C)c(C(=O)N3CCC(O)(Cc4cccc(F)c4)CC3)cc2c1. The molecule has 0 atom stereocenters. The standard InChI is InChI=1S/C24H25FN2O3/c1-16-21(14-18-13-20(30-2)6-7-22(18)26-16)23(28)27-10-8-24(29,9-11-27)15-17-4-3-5-19(25)12-17/h3-7,12-14,29H,8-11,15H2,1-2H3. The molecular weight excluding hydrogens is 383 g/mol. The lowest BCUT2D eigenvalue weighted by atomic mass is 9.85. The van der Waals surface area contributed by atoms with E-state index in [-0.39, 0.29) is 11.7 Å². The van der Waals surface area contributed by atoms with Crippen LogP contribution in [0.4, 0.5) is 4.39 Å². The molecule has 1 saturated heterocycles. The zero-order chi connectivity index (χ0) is 21.3. The number of amides is 1. The number of carbonyl (C=O) groups excluding carboxylic acids is 1. The van der Waals surface area contributed by atoms with Gasteiger partial charge >= 0.3 is 0 Å². The van der Waals surface area contributed by atoms with Crippen LogP contribution in [0.3, 0.4) is 0 Å². The van der Waals surface area contributed by atoms with Gasteiger partial charge in [-0.15, -0.1) is 0 Å². The van der Waals surface area contributed by atoms with Crippen molar-refractivity contribution in [2.75, 3.05) is 20.2 Å². The van der Waals surface area contributed by atoms with E-state index in [9.17, 15) is 14.3 Å². The molecule has 2 aromatic carbocycles. The molecule has 1 fully saturated rings. The van der Waals surface area contributed by atoms with E-state index in [1.165, 1.54) is 12.1 Å². The van der Waals surface area contributed by atoms with Crippen LogP contribution >= 0.6 is 0 Å². The Balaban J connectivity index is 1.49. The molecule has 0 radical (unpaired) electrons. The third-order valence-electron chi connectivity index (χ3n) is 5.85. The van der Waals surface area contributed by atoms with Crippen molar-refractivity contribution in [1.29, 1.82) is 0 Å². The second-order valence-corrected chi connectivity index (χ2v) is 8.00. The quantitative estimate of drug-likeness (QED) is 0.711. The summed E-state index contributed by atoms with van der Waals surface area (Å²) in [5, 5.41) is 11.8. The predicted molar refractivity (Wildman–Crippen MR) is 113 cm³/mol. The first-order valence-electron chi connectivity index (χ1n) is 10.1. The molecule has 1 aliphatic rings. The van der Waals surface area contributed by atoms with Gasteiger partial charge in [-0.2, -0.15) is 0 Å². The smallest absolute Gasteiger partial charge is 0.255 e. The fourth-order valence-electron chi connectivity index (χ4n) is 4.09. The minimum Gasteiger partial charge on any atom is -0.497 e. The second kappa shape index (κ2) is 8.03. The van der Waals surface area contributed by atoms with Gasteiger partial charge in [-0.1, -0.05) is 12.1 Å². The summed E-state index contributed by atoms with van der Waals surface area (Å²) in [5.41, 5.74) is 1.88. The van der Waals surface area contributed by atoms with Gasteiger partial charge in [0.25, 0.3) is 5.91 Å². The molecule has 6 heteroatoms. The van der Waals surface area contributed by atoms with Crippen LogP contribution in [0.25, 0.3) is 10.9 Å². The molecule has 2 heterocycles. The number of methoxy groups -OCH3 is 1. The fraction of sp³-hybridized carbons (Fsp3) is 0.333. The molecule has 4 rings (SSSR count). The van der Waals surface area contributed by atoms with Crippen LogP contribution in [0.2, 0.25) is 0 Å². The lowest BCUT2D eigenvalue weighted by Gasteiger charge is -2.38. The number of piperidine rings is 1. The number of benzene rings is 2. The summed E-state index contributed by atoms with van der Waals surface area (Å²) in [6, 6.07) is 13.8. The maximum Gasteiger partial charge on any atom is 0.255 e. The zero-order valence-corrected chi connectivity index (χ0v) is 17.2. The van der Waals surface area contributed by atoms with Crippen LogP contribution in [0.15, 0.2) is 48.5 Å². The molecule has 1 aliphatic heterocycles. The number of likely N-dealkylation sites (tertiary alicyclic amines) is 1. The van der Waals surface area contributed by atoms with Gasteiger partial charge in [-0.3, -0.25) is 9.78 Å². The predicted octanol–water partition coefficient (Wildman–Crippen LogP) is 3.90. The van der Waals surface area contributed by atoms with Gasteiger partial charge < -0.3 is 14.7 Å². The Morgan fingerprint density at radius 2 is 1.97 bits per heavy atom. The average molecular weight is 408 g/mol. The average Bonchev–Trinajstić information content (AvgIpc) is 2.73. The molecule has 0 unspecified atom stereocenters. The Labute approximate surface area is 175 Å². The van der Waals surface area contributed by atoms with E-state index in [0.717, 1.165) is 16.5 Å². The summed E-state index contributed by atoms with van der Waals surface area (Å²) in [7, 11) is 1.60. The van der Waals surface area contributed by atoms with E-state index >= 15 is 0 Å². The van der Waals surface area contributed by atoms with E-state index in [4.69, 9.17) is 4.74 Å². The monoisotopic (exact) mass is 408 g/mol. The third-order valence-corrected chi connectivity index (χ3v) is 5.85. The van der Waals surface area contributed by atoms with E-state index in [2.05, 4.69) is 4.98 Å². The Kier molecular flexibility index (Phi) is 5.43. The molecule has 30 heavy (non-hydrogen) atoms. The number of aryl methyl sites for hydroxylation is 1. The van der Waals surface area contributed by atoms with Gasteiger partial charge in [0, 0.05) is 24.9 Å². The lowest BCUT2D eigenvalue weighted by Crippen LogP contribution is -2.47. The highest BCUT2D eigenvalue weighted by atomic mass is 19.1. The summed E-state index contributed by atoms with van der Waals surface area (Å²) in [6.45, 7) is 2.72. The number of fused-ring (bicyclic) bond motifs is 1. The van der Waals surface area contributed by atoms with E-state index in [1.54, 1.807) is 18.1 Å². The van der Waals surface area contributed by atoms with E-state index in [1.807, 2.05) is 37.3 Å². The Morgan fingerprint density at radius 3 is 2.67 bits per heavy atom. The van der Waals surface area contributed by atoms with Crippen molar-refractivity contribution < 1.29 is 19.0 Å². The molecule has 1 N–H and O–H groups in total. The highest BCUT2D eigenvalue weighted by Crippen LogP contribution is 2.29. The van der Waals surface area contributed by atoms with Crippen molar-refractivity contribution in [2.45, 2.75) is 31.8 Å². The molecule has 0 bridgehead atoms. The summed E-state index contributed by atoms with van der Waals surface area (Å²) in [6.07, 6.45) is 1.27. The lowest BCUT2D eigenvalue weighted by molar-refractivity contribution is -0.0162. The molecule has 0 saturated carbocycles. The molecule has 1 amide bonds. The first-order chi connectivity index (χ1) is 14.4. The topological polar surface area (TPSA) is 62.7 Å². The summed E-state index contributed by atoms with van der Waals surface area (Å²) < 4.78 is 18.7.